The van der Waals surface area contributed by atoms with E-state index in [-0.39, 0.29) is 0 Å². The van der Waals surface area contributed by atoms with Crippen LogP contribution in [0.15, 0.2) is 48.5 Å². The van der Waals surface area contributed by atoms with Crippen LogP contribution in [0.4, 0.5) is 0 Å². The molecule has 2 aromatic rings. The van der Waals surface area contributed by atoms with Crippen molar-refractivity contribution in [2.75, 3.05) is 0 Å². The summed E-state index contributed by atoms with van der Waals surface area (Å²) in [6.45, 7) is 2.56. The summed E-state index contributed by atoms with van der Waals surface area (Å²) in [5, 5.41) is 0. The van der Waals surface area contributed by atoms with Crippen LogP contribution >= 0.6 is 0 Å². The summed E-state index contributed by atoms with van der Waals surface area (Å²) in [6.07, 6.45) is 0. The highest BCUT2D eigenvalue weighted by molar-refractivity contribution is 5.92. The molecular weight excluding hydrogens is 226 g/mol. The second-order valence-corrected chi connectivity index (χ2v) is 4.16. The Balaban J connectivity index is 1.97. The Hall–Kier alpha value is -2.29. The van der Waals surface area contributed by atoms with Gasteiger partial charge in [-0.25, -0.2) is 0 Å². The molecule has 18 heavy (non-hydrogen) atoms. The lowest BCUT2D eigenvalue weighted by Crippen LogP contribution is -2.10. The lowest BCUT2D eigenvalue weighted by atomic mass is 10.2. The van der Waals surface area contributed by atoms with Gasteiger partial charge in [0.25, 0.3) is 0 Å². The van der Waals surface area contributed by atoms with Gasteiger partial charge in [0.2, 0.25) is 5.91 Å². The fraction of sp³-hybridized carbons (Fsp3) is 0.133. The van der Waals surface area contributed by atoms with Crippen molar-refractivity contribution in [3.05, 3.63) is 65.2 Å². The lowest BCUT2D eigenvalue weighted by Gasteiger charge is -2.06. The molecule has 0 fully saturated rings. The predicted molar refractivity (Wildman–Crippen MR) is 70.5 cm³/mol. The average Bonchev–Trinajstić information content (AvgIpc) is 2.38. The summed E-state index contributed by atoms with van der Waals surface area (Å²) in [5.74, 6) is 0.292. The Morgan fingerprint density at radius 3 is 2.22 bits per heavy atom. The molecule has 3 nitrogen and oxygen atoms in total. The van der Waals surface area contributed by atoms with Crippen LogP contribution in [-0.2, 0) is 6.61 Å². The highest BCUT2D eigenvalue weighted by Crippen LogP contribution is 2.14. The van der Waals surface area contributed by atoms with Crippen molar-refractivity contribution >= 4 is 5.91 Å². The molecule has 0 aliphatic rings. The van der Waals surface area contributed by atoms with Crippen molar-refractivity contribution in [2.45, 2.75) is 13.5 Å². The molecule has 0 heterocycles. The fourth-order valence-electron chi connectivity index (χ4n) is 1.57. The van der Waals surface area contributed by atoms with E-state index < -0.39 is 5.91 Å². The van der Waals surface area contributed by atoms with Crippen molar-refractivity contribution < 1.29 is 9.53 Å². The van der Waals surface area contributed by atoms with Gasteiger partial charge in [0.05, 0.1) is 0 Å². The lowest BCUT2D eigenvalue weighted by molar-refractivity contribution is 0.100. The first-order chi connectivity index (χ1) is 8.65. The van der Waals surface area contributed by atoms with Crippen LogP contribution in [0.3, 0.4) is 0 Å². The molecule has 0 unspecified atom stereocenters. The minimum absolute atomic E-state index is 0.430. The molecule has 2 rings (SSSR count). The number of rotatable bonds is 4. The number of ether oxygens (including phenoxy) is 1. The van der Waals surface area contributed by atoms with Gasteiger partial charge >= 0.3 is 0 Å². The smallest absolute Gasteiger partial charge is 0.248 e. The summed E-state index contributed by atoms with van der Waals surface area (Å²) in [6, 6.07) is 15.0. The zero-order chi connectivity index (χ0) is 13.0. The molecule has 0 atom stereocenters. The van der Waals surface area contributed by atoms with Crippen LogP contribution in [0, 0.1) is 6.92 Å². The topological polar surface area (TPSA) is 52.3 Å². The third-order valence-corrected chi connectivity index (χ3v) is 2.66. The summed E-state index contributed by atoms with van der Waals surface area (Å²) in [5.41, 5.74) is 7.98. The first-order valence-corrected chi connectivity index (χ1v) is 5.73. The van der Waals surface area contributed by atoms with E-state index in [0.29, 0.717) is 12.2 Å². The van der Waals surface area contributed by atoms with Crippen molar-refractivity contribution in [1.29, 1.82) is 0 Å². The Labute approximate surface area is 106 Å². The average molecular weight is 241 g/mol. The largest absolute Gasteiger partial charge is 0.489 e. The maximum Gasteiger partial charge on any atom is 0.248 e. The number of nitrogens with two attached hydrogens (primary N) is 1. The number of benzene rings is 2. The first-order valence-electron chi connectivity index (χ1n) is 5.73. The molecule has 0 aromatic heterocycles. The van der Waals surface area contributed by atoms with Gasteiger partial charge < -0.3 is 10.5 Å². The Morgan fingerprint density at radius 1 is 1.06 bits per heavy atom. The molecule has 2 aromatic carbocycles. The summed E-state index contributed by atoms with van der Waals surface area (Å²) < 4.78 is 5.61. The fourth-order valence-corrected chi connectivity index (χ4v) is 1.57. The minimum atomic E-state index is -0.430. The molecular formula is C15H15NO2. The van der Waals surface area contributed by atoms with Gasteiger partial charge in [0, 0.05) is 5.56 Å². The third kappa shape index (κ3) is 3.10. The zero-order valence-electron chi connectivity index (χ0n) is 10.2. The zero-order valence-corrected chi connectivity index (χ0v) is 10.2. The molecule has 0 saturated heterocycles. The van der Waals surface area contributed by atoms with E-state index in [1.807, 2.05) is 19.1 Å². The van der Waals surface area contributed by atoms with Crippen molar-refractivity contribution in [3.63, 3.8) is 0 Å². The summed E-state index contributed by atoms with van der Waals surface area (Å²) >= 11 is 0. The maximum atomic E-state index is 10.9. The molecule has 2 N–H and O–H groups in total. The number of hydrogen-bond donors (Lipinski definition) is 1. The van der Waals surface area contributed by atoms with Crippen molar-refractivity contribution in [3.8, 4) is 5.75 Å². The Kier molecular flexibility index (Phi) is 3.63. The molecule has 0 aliphatic carbocycles. The summed E-state index contributed by atoms with van der Waals surface area (Å²) in [4.78, 5) is 10.9. The predicted octanol–water partition coefficient (Wildman–Crippen LogP) is 2.67. The van der Waals surface area contributed by atoms with Gasteiger partial charge in [0.15, 0.2) is 0 Å². The number of aryl methyl sites for hydroxylation is 1. The maximum absolute atomic E-state index is 10.9. The molecule has 3 heteroatoms. The quantitative estimate of drug-likeness (QED) is 0.894. The van der Waals surface area contributed by atoms with Gasteiger partial charge in [-0.2, -0.15) is 0 Å². The number of amides is 1. The molecule has 92 valence electrons. The van der Waals surface area contributed by atoms with E-state index in [1.165, 1.54) is 5.56 Å². The van der Waals surface area contributed by atoms with E-state index >= 15 is 0 Å². The molecule has 1 amide bonds. The van der Waals surface area contributed by atoms with Gasteiger partial charge in [-0.1, -0.05) is 29.8 Å². The monoisotopic (exact) mass is 241 g/mol. The van der Waals surface area contributed by atoms with Gasteiger partial charge in [0.1, 0.15) is 12.4 Å². The minimum Gasteiger partial charge on any atom is -0.489 e. The Bertz CT molecular complexity index is 529. The number of carbonyl (C=O) groups is 1. The molecule has 0 bridgehead atoms. The van der Waals surface area contributed by atoms with Crippen LogP contribution in [-0.4, -0.2) is 5.91 Å². The van der Waals surface area contributed by atoms with Crippen LogP contribution < -0.4 is 10.5 Å². The first kappa shape index (κ1) is 12.2. The van der Waals surface area contributed by atoms with Crippen LogP contribution in [0.25, 0.3) is 0 Å². The van der Waals surface area contributed by atoms with E-state index in [9.17, 15) is 4.79 Å². The summed E-state index contributed by atoms with van der Waals surface area (Å²) in [7, 11) is 0. The second kappa shape index (κ2) is 5.36. The highest BCUT2D eigenvalue weighted by Gasteiger charge is 2.00. The van der Waals surface area contributed by atoms with E-state index in [0.717, 1.165) is 11.3 Å². The number of carbonyl (C=O) groups excluding carboxylic acids is 1. The second-order valence-electron chi connectivity index (χ2n) is 4.16. The van der Waals surface area contributed by atoms with Crippen LogP contribution in [0.5, 0.6) is 5.75 Å². The highest BCUT2D eigenvalue weighted by atomic mass is 16.5. The number of primary amides is 1. The van der Waals surface area contributed by atoms with Gasteiger partial charge in [-0.15, -0.1) is 0 Å². The molecule has 0 radical (unpaired) electrons. The van der Waals surface area contributed by atoms with E-state index in [2.05, 4.69) is 12.1 Å². The van der Waals surface area contributed by atoms with Crippen LogP contribution in [0.2, 0.25) is 0 Å². The molecule has 0 aliphatic heterocycles. The van der Waals surface area contributed by atoms with E-state index in [4.69, 9.17) is 10.5 Å². The van der Waals surface area contributed by atoms with Gasteiger partial charge in [-0.3, -0.25) is 4.79 Å². The third-order valence-electron chi connectivity index (χ3n) is 2.66. The van der Waals surface area contributed by atoms with Crippen LogP contribution in [0.1, 0.15) is 21.5 Å². The standard InChI is InChI=1S/C15H15NO2/c1-11-2-4-12(5-3-11)10-18-14-8-6-13(7-9-14)15(16)17/h2-9H,10H2,1H3,(H2,16,17). The normalized spacial score (nSPS) is 10.1. The van der Waals surface area contributed by atoms with E-state index in [1.54, 1.807) is 24.3 Å². The van der Waals surface area contributed by atoms with Gasteiger partial charge in [-0.05, 0) is 36.8 Å². The molecule has 0 saturated carbocycles. The molecule has 0 spiro atoms. The number of hydrogen-bond acceptors (Lipinski definition) is 2. The SMILES string of the molecule is Cc1ccc(COc2ccc(C(N)=O)cc2)cc1. The Morgan fingerprint density at radius 2 is 1.67 bits per heavy atom. The van der Waals surface area contributed by atoms with Crippen molar-refractivity contribution in [1.82, 2.24) is 0 Å². The van der Waals surface area contributed by atoms with Crippen molar-refractivity contribution in [2.24, 2.45) is 5.73 Å².